The highest BCUT2D eigenvalue weighted by Crippen LogP contribution is 2.25. The molecule has 0 saturated carbocycles. The zero-order chi connectivity index (χ0) is 13.3. The molecule has 5 nitrogen and oxygen atoms in total. The SMILES string of the molecule is C[C@H]1C[C@@H](C(=O)N2CCNC(=O)C2(C)C)CCN1.Cl. The summed E-state index contributed by atoms with van der Waals surface area (Å²) in [6.07, 6.45) is 1.74. The van der Waals surface area contributed by atoms with Crippen molar-refractivity contribution in [3.8, 4) is 0 Å². The van der Waals surface area contributed by atoms with Crippen LogP contribution in [0.5, 0.6) is 0 Å². The average molecular weight is 290 g/mol. The van der Waals surface area contributed by atoms with Gasteiger partial charge in [0.05, 0.1) is 0 Å². The average Bonchev–Trinajstić information content (AvgIpc) is 2.32. The van der Waals surface area contributed by atoms with Crippen molar-refractivity contribution in [2.24, 2.45) is 5.92 Å². The van der Waals surface area contributed by atoms with Crippen LogP contribution in [0, 0.1) is 5.92 Å². The minimum atomic E-state index is -0.719. The fraction of sp³-hybridized carbons (Fsp3) is 0.846. The monoisotopic (exact) mass is 289 g/mol. The number of carbonyl (C=O) groups excluding carboxylic acids is 2. The maximum atomic E-state index is 12.6. The van der Waals surface area contributed by atoms with Crippen molar-refractivity contribution >= 4 is 24.2 Å². The summed E-state index contributed by atoms with van der Waals surface area (Å²) in [6.45, 7) is 7.82. The summed E-state index contributed by atoms with van der Waals surface area (Å²) in [4.78, 5) is 26.2. The predicted octanol–water partition coefficient (Wildman–Crippen LogP) is 0.533. The summed E-state index contributed by atoms with van der Waals surface area (Å²) < 4.78 is 0. The van der Waals surface area contributed by atoms with Crippen LogP contribution in [0.2, 0.25) is 0 Å². The second-order valence-corrected chi connectivity index (χ2v) is 5.88. The van der Waals surface area contributed by atoms with E-state index in [9.17, 15) is 9.59 Å². The van der Waals surface area contributed by atoms with Gasteiger partial charge >= 0.3 is 0 Å². The van der Waals surface area contributed by atoms with Gasteiger partial charge in [-0.2, -0.15) is 0 Å². The molecule has 0 aliphatic carbocycles. The Morgan fingerprint density at radius 2 is 2.05 bits per heavy atom. The van der Waals surface area contributed by atoms with Crippen LogP contribution in [-0.4, -0.2) is 47.9 Å². The lowest BCUT2D eigenvalue weighted by atomic mass is 9.89. The van der Waals surface area contributed by atoms with E-state index in [0.717, 1.165) is 19.4 Å². The molecule has 2 heterocycles. The molecule has 0 bridgehead atoms. The van der Waals surface area contributed by atoms with Crippen LogP contribution in [0.3, 0.4) is 0 Å². The van der Waals surface area contributed by atoms with E-state index in [0.29, 0.717) is 19.1 Å². The zero-order valence-corrected chi connectivity index (χ0v) is 12.7. The van der Waals surface area contributed by atoms with Gasteiger partial charge in [-0.05, 0) is 40.2 Å². The number of rotatable bonds is 1. The third-order valence-corrected chi connectivity index (χ3v) is 4.09. The lowest BCUT2D eigenvalue weighted by molar-refractivity contribution is -0.152. The first kappa shape index (κ1) is 16.2. The van der Waals surface area contributed by atoms with Gasteiger partial charge in [0.15, 0.2) is 0 Å². The number of carbonyl (C=O) groups is 2. The number of halogens is 1. The van der Waals surface area contributed by atoms with E-state index in [1.807, 2.05) is 13.8 Å². The molecule has 6 heteroatoms. The van der Waals surface area contributed by atoms with Gasteiger partial charge in [0, 0.05) is 25.0 Å². The molecule has 0 unspecified atom stereocenters. The quantitative estimate of drug-likeness (QED) is 0.740. The van der Waals surface area contributed by atoms with Gasteiger partial charge in [-0.15, -0.1) is 12.4 Å². The van der Waals surface area contributed by atoms with Gasteiger partial charge in [0.25, 0.3) is 0 Å². The van der Waals surface area contributed by atoms with E-state index in [1.165, 1.54) is 0 Å². The molecule has 110 valence electrons. The van der Waals surface area contributed by atoms with Gasteiger partial charge in [-0.25, -0.2) is 0 Å². The molecule has 0 radical (unpaired) electrons. The molecule has 2 saturated heterocycles. The Bertz CT molecular complexity index is 360. The van der Waals surface area contributed by atoms with Gasteiger partial charge in [-0.3, -0.25) is 9.59 Å². The van der Waals surface area contributed by atoms with Crippen LogP contribution in [-0.2, 0) is 9.59 Å². The van der Waals surface area contributed by atoms with Crippen molar-refractivity contribution in [2.75, 3.05) is 19.6 Å². The Kier molecular flexibility index (Phi) is 5.21. The molecule has 2 fully saturated rings. The van der Waals surface area contributed by atoms with Crippen LogP contribution >= 0.6 is 12.4 Å². The highest BCUT2D eigenvalue weighted by Gasteiger charge is 2.42. The summed E-state index contributed by atoms with van der Waals surface area (Å²) in [7, 11) is 0. The van der Waals surface area contributed by atoms with Gasteiger partial charge < -0.3 is 15.5 Å². The molecule has 2 atom stereocenters. The molecule has 0 aromatic rings. The standard InChI is InChI=1S/C13H23N3O2.ClH/c1-9-8-10(4-5-14-9)11(17)16-7-6-15-12(18)13(16,2)3;/h9-10,14H,4-8H2,1-3H3,(H,15,18);1H/t9-,10-;/m0./s1. The highest BCUT2D eigenvalue weighted by atomic mass is 35.5. The molecular formula is C13H24ClN3O2. The van der Waals surface area contributed by atoms with Gasteiger partial charge in [-0.1, -0.05) is 0 Å². The van der Waals surface area contributed by atoms with E-state index in [1.54, 1.807) is 4.90 Å². The van der Waals surface area contributed by atoms with E-state index in [4.69, 9.17) is 0 Å². The summed E-state index contributed by atoms with van der Waals surface area (Å²) in [5.41, 5.74) is -0.719. The van der Waals surface area contributed by atoms with Crippen molar-refractivity contribution in [3.05, 3.63) is 0 Å². The molecule has 0 aromatic heterocycles. The third kappa shape index (κ3) is 3.20. The van der Waals surface area contributed by atoms with Crippen molar-refractivity contribution in [1.82, 2.24) is 15.5 Å². The van der Waals surface area contributed by atoms with Crippen molar-refractivity contribution < 1.29 is 9.59 Å². The fourth-order valence-electron chi connectivity index (χ4n) is 2.86. The summed E-state index contributed by atoms with van der Waals surface area (Å²) in [5, 5.41) is 6.17. The highest BCUT2D eigenvalue weighted by molar-refractivity contribution is 5.92. The fourth-order valence-corrected chi connectivity index (χ4v) is 2.86. The van der Waals surface area contributed by atoms with Crippen LogP contribution in [0.1, 0.15) is 33.6 Å². The molecule has 0 spiro atoms. The van der Waals surface area contributed by atoms with Crippen LogP contribution in [0.15, 0.2) is 0 Å². The minimum Gasteiger partial charge on any atom is -0.352 e. The lowest BCUT2D eigenvalue weighted by Crippen LogP contribution is -2.64. The van der Waals surface area contributed by atoms with Crippen molar-refractivity contribution in [1.29, 1.82) is 0 Å². The first-order valence-electron chi connectivity index (χ1n) is 6.76. The Hall–Kier alpha value is -0.810. The summed E-state index contributed by atoms with van der Waals surface area (Å²) in [5.74, 6) is 0.152. The Balaban J connectivity index is 0.00000180. The van der Waals surface area contributed by atoms with E-state index < -0.39 is 5.54 Å². The normalized spacial score (nSPS) is 30.3. The molecule has 0 aromatic carbocycles. The molecule has 2 amide bonds. The Morgan fingerprint density at radius 1 is 1.37 bits per heavy atom. The van der Waals surface area contributed by atoms with Gasteiger partial charge in [0.1, 0.15) is 5.54 Å². The number of hydrogen-bond acceptors (Lipinski definition) is 3. The molecule has 2 aliphatic heterocycles. The smallest absolute Gasteiger partial charge is 0.245 e. The van der Waals surface area contributed by atoms with Crippen molar-refractivity contribution in [2.45, 2.75) is 45.2 Å². The molecule has 2 aliphatic rings. The van der Waals surface area contributed by atoms with Crippen molar-refractivity contribution in [3.63, 3.8) is 0 Å². The predicted molar refractivity (Wildman–Crippen MR) is 76.2 cm³/mol. The lowest BCUT2D eigenvalue weighted by Gasteiger charge is -2.43. The number of hydrogen-bond donors (Lipinski definition) is 2. The second kappa shape index (κ2) is 6.09. The Labute approximate surface area is 120 Å². The number of piperidine rings is 1. The number of nitrogens with one attached hydrogen (secondary N) is 2. The maximum Gasteiger partial charge on any atom is 0.245 e. The van der Waals surface area contributed by atoms with Crippen LogP contribution < -0.4 is 10.6 Å². The molecular weight excluding hydrogens is 266 g/mol. The second-order valence-electron chi connectivity index (χ2n) is 5.88. The third-order valence-electron chi connectivity index (χ3n) is 4.09. The number of amides is 2. The van der Waals surface area contributed by atoms with Gasteiger partial charge in [0.2, 0.25) is 11.8 Å². The van der Waals surface area contributed by atoms with Crippen LogP contribution in [0.25, 0.3) is 0 Å². The molecule has 2 N–H and O–H groups in total. The number of nitrogens with zero attached hydrogens (tertiary/aromatic N) is 1. The topological polar surface area (TPSA) is 61.4 Å². The molecule has 19 heavy (non-hydrogen) atoms. The van der Waals surface area contributed by atoms with E-state index in [2.05, 4.69) is 17.6 Å². The number of piperazine rings is 1. The first-order chi connectivity index (χ1) is 8.43. The largest absolute Gasteiger partial charge is 0.352 e. The minimum absolute atomic E-state index is 0. The van der Waals surface area contributed by atoms with Crippen LogP contribution in [0.4, 0.5) is 0 Å². The zero-order valence-electron chi connectivity index (χ0n) is 11.9. The Morgan fingerprint density at radius 3 is 2.68 bits per heavy atom. The summed E-state index contributed by atoms with van der Waals surface area (Å²) in [6, 6.07) is 0.384. The molecule has 2 rings (SSSR count). The van der Waals surface area contributed by atoms with E-state index >= 15 is 0 Å². The van der Waals surface area contributed by atoms with E-state index in [-0.39, 0.29) is 30.1 Å². The maximum absolute atomic E-state index is 12.6. The summed E-state index contributed by atoms with van der Waals surface area (Å²) >= 11 is 0. The first-order valence-corrected chi connectivity index (χ1v) is 6.76.